The third-order valence-electron chi connectivity index (χ3n) is 2.18. The van der Waals surface area contributed by atoms with Crippen LogP contribution in [0.15, 0.2) is 12.1 Å². The van der Waals surface area contributed by atoms with Crippen molar-refractivity contribution in [2.45, 2.75) is 6.18 Å². The highest BCUT2D eigenvalue weighted by Gasteiger charge is 2.38. The Kier molecular flexibility index (Phi) is 3.11. The van der Waals surface area contributed by atoms with Gasteiger partial charge in [0.15, 0.2) is 11.5 Å². The molecule has 18 heavy (non-hydrogen) atoms. The second-order valence-electron chi connectivity index (χ2n) is 3.37. The molecule has 1 aromatic carbocycles. The number of halogens is 7. The van der Waals surface area contributed by atoms with Gasteiger partial charge in [-0.3, -0.25) is 0 Å². The molecule has 0 aliphatic heterocycles. The number of fused-ring (bicyclic) bond motifs is 1. The smallest absolute Gasteiger partial charge is 0.240 e. The lowest BCUT2D eigenvalue weighted by atomic mass is 10.2. The highest BCUT2D eigenvalue weighted by Crippen LogP contribution is 2.37. The molecule has 2 rings (SSSR count). The van der Waals surface area contributed by atoms with Gasteiger partial charge < -0.3 is 0 Å². The summed E-state index contributed by atoms with van der Waals surface area (Å²) in [5.74, 6) is -2.67. The van der Waals surface area contributed by atoms with Crippen LogP contribution in [0, 0.1) is 11.6 Å². The molecule has 1 heterocycles. The Bertz CT molecular complexity index is 638. The summed E-state index contributed by atoms with van der Waals surface area (Å²) in [6, 6.07) is 1.59. The van der Waals surface area contributed by atoms with Gasteiger partial charge in [0.25, 0.3) is 0 Å². The predicted octanol–water partition coefficient (Wildman–Crippen LogP) is 4.84. The molecule has 0 aliphatic carbocycles. The molecule has 0 atom stereocenters. The first-order chi connectivity index (χ1) is 8.21. The lowest BCUT2D eigenvalue weighted by molar-refractivity contribution is -0.143. The largest absolute Gasteiger partial charge is 0.436 e. The lowest BCUT2D eigenvalue weighted by Gasteiger charge is -2.10. The first-order valence-corrected chi connectivity index (χ1v) is 5.18. The Balaban J connectivity index is 2.88. The first-order valence-electron chi connectivity index (χ1n) is 4.42. The van der Waals surface area contributed by atoms with Crippen molar-refractivity contribution in [2.24, 2.45) is 0 Å². The van der Waals surface area contributed by atoms with E-state index in [1.807, 2.05) is 0 Å². The van der Waals surface area contributed by atoms with E-state index >= 15 is 0 Å². The summed E-state index contributed by atoms with van der Waals surface area (Å²) in [6.45, 7) is 0. The van der Waals surface area contributed by atoms with Crippen LogP contribution < -0.4 is 0 Å². The van der Waals surface area contributed by atoms with Gasteiger partial charge in [-0.25, -0.2) is 13.8 Å². The van der Waals surface area contributed by atoms with Gasteiger partial charge in [0, 0.05) is 11.5 Å². The van der Waals surface area contributed by atoms with Gasteiger partial charge in [-0.15, -0.1) is 0 Å². The quantitative estimate of drug-likeness (QED) is 0.635. The van der Waals surface area contributed by atoms with Crippen LogP contribution in [0.1, 0.15) is 5.69 Å². The first kappa shape index (κ1) is 13.3. The molecule has 0 aliphatic rings. The van der Waals surface area contributed by atoms with Crippen molar-refractivity contribution in [2.75, 3.05) is 0 Å². The molecule has 0 fully saturated rings. The SMILES string of the molecule is Fc1cc2nc(C(F)(F)F)c(F)c(Cl)c2cc1Cl. The molecule has 0 spiro atoms. The Morgan fingerprint density at radius 2 is 1.67 bits per heavy atom. The maximum atomic E-state index is 13.4. The van der Waals surface area contributed by atoms with E-state index in [0.717, 1.165) is 6.07 Å². The molecule has 0 amide bonds. The number of pyridine rings is 1. The zero-order chi connectivity index (χ0) is 13.7. The van der Waals surface area contributed by atoms with Crippen LogP contribution in [-0.4, -0.2) is 4.98 Å². The minimum absolute atomic E-state index is 0.187. The van der Waals surface area contributed by atoms with Crippen LogP contribution >= 0.6 is 23.2 Å². The fourth-order valence-corrected chi connectivity index (χ4v) is 1.79. The molecular weight excluding hydrogens is 300 g/mol. The number of hydrogen-bond acceptors (Lipinski definition) is 1. The van der Waals surface area contributed by atoms with Crippen LogP contribution in [0.25, 0.3) is 10.9 Å². The highest BCUT2D eigenvalue weighted by atomic mass is 35.5. The van der Waals surface area contributed by atoms with Gasteiger partial charge in [0.1, 0.15) is 5.82 Å². The Labute approximate surface area is 107 Å². The maximum Gasteiger partial charge on any atom is 0.436 e. The van der Waals surface area contributed by atoms with Crippen molar-refractivity contribution in [3.63, 3.8) is 0 Å². The van der Waals surface area contributed by atoms with Crippen molar-refractivity contribution < 1.29 is 22.0 Å². The van der Waals surface area contributed by atoms with E-state index in [-0.39, 0.29) is 10.4 Å². The van der Waals surface area contributed by atoms with Crippen LogP contribution in [0.5, 0.6) is 0 Å². The van der Waals surface area contributed by atoms with Crippen LogP contribution in [0.2, 0.25) is 10.0 Å². The van der Waals surface area contributed by atoms with E-state index in [2.05, 4.69) is 4.98 Å². The van der Waals surface area contributed by atoms with E-state index in [9.17, 15) is 22.0 Å². The Morgan fingerprint density at radius 1 is 1.06 bits per heavy atom. The molecule has 2 aromatic rings. The molecule has 0 saturated carbocycles. The molecule has 0 bridgehead atoms. The van der Waals surface area contributed by atoms with Crippen LogP contribution in [-0.2, 0) is 6.18 Å². The minimum atomic E-state index is -5.02. The fourth-order valence-electron chi connectivity index (χ4n) is 1.38. The van der Waals surface area contributed by atoms with E-state index < -0.39 is 34.0 Å². The van der Waals surface area contributed by atoms with E-state index in [1.165, 1.54) is 0 Å². The lowest BCUT2D eigenvalue weighted by Crippen LogP contribution is -2.12. The topological polar surface area (TPSA) is 12.9 Å². The van der Waals surface area contributed by atoms with Crippen LogP contribution in [0.4, 0.5) is 22.0 Å². The maximum absolute atomic E-state index is 13.4. The zero-order valence-electron chi connectivity index (χ0n) is 8.25. The van der Waals surface area contributed by atoms with Crippen molar-refractivity contribution >= 4 is 34.1 Å². The molecule has 96 valence electrons. The molecule has 8 heteroatoms. The second kappa shape index (κ2) is 4.20. The summed E-state index contributed by atoms with van der Waals surface area (Å²) in [4.78, 5) is 3.03. The normalized spacial score (nSPS) is 12.2. The highest BCUT2D eigenvalue weighted by molar-refractivity contribution is 6.36. The second-order valence-corrected chi connectivity index (χ2v) is 4.15. The Hall–Kier alpha value is -1.14. The minimum Gasteiger partial charge on any atom is -0.240 e. The molecule has 0 saturated heterocycles. The zero-order valence-corrected chi connectivity index (χ0v) is 9.76. The summed E-state index contributed by atoms with van der Waals surface area (Å²) in [5, 5.41) is -1.37. The van der Waals surface area contributed by atoms with E-state index in [4.69, 9.17) is 23.2 Å². The third kappa shape index (κ3) is 2.10. The van der Waals surface area contributed by atoms with E-state index in [0.29, 0.717) is 6.07 Å². The van der Waals surface area contributed by atoms with Gasteiger partial charge in [0.05, 0.1) is 15.6 Å². The van der Waals surface area contributed by atoms with E-state index in [1.54, 1.807) is 0 Å². The van der Waals surface area contributed by atoms with Crippen molar-refractivity contribution in [1.82, 2.24) is 4.98 Å². The predicted molar refractivity (Wildman–Crippen MR) is 56.7 cm³/mol. The van der Waals surface area contributed by atoms with Gasteiger partial charge in [-0.05, 0) is 6.07 Å². The summed E-state index contributed by atoms with van der Waals surface area (Å²) in [6.07, 6.45) is -5.02. The number of nitrogens with zero attached hydrogens (tertiary/aromatic N) is 1. The molecule has 0 radical (unpaired) electrons. The van der Waals surface area contributed by atoms with Gasteiger partial charge in [0.2, 0.25) is 0 Å². The molecule has 1 aromatic heterocycles. The average molecular weight is 302 g/mol. The summed E-state index contributed by atoms with van der Waals surface area (Å²) in [5.41, 5.74) is -2.21. The molecule has 0 N–H and O–H groups in total. The molecular formula is C10H2Cl2F5N. The number of alkyl halides is 3. The van der Waals surface area contributed by atoms with Gasteiger partial charge in [-0.1, -0.05) is 23.2 Å². The number of benzene rings is 1. The number of hydrogen-bond donors (Lipinski definition) is 0. The summed E-state index contributed by atoms with van der Waals surface area (Å²) >= 11 is 10.9. The van der Waals surface area contributed by atoms with Gasteiger partial charge >= 0.3 is 6.18 Å². The van der Waals surface area contributed by atoms with Gasteiger partial charge in [-0.2, -0.15) is 13.2 Å². The summed E-state index contributed by atoms with van der Waals surface area (Å²) in [7, 11) is 0. The van der Waals surface area contributed by atoms with Crippen molar-refractivity contribution in [3.8, 4) is 0 Å². The third-order valence-corrected chi connectivity index (χ3v) is 2.84. The van der Waals surface area contributed by atoms with Crippen molar-refractivity contribution in [1.29, 1.82) is 0 Å². The van der Waals surface area contributed by atoms with Crippen LogP contribution in [0.3, 0.4) is 0 Å². The average Bonchev–Trinajstić information content (AvgIpc) is 2.25. The monoisotopic (exact) mass is 301 g/mol. The molecule has 0 unspecified atom stereocenters. The number of rotatable bonds is 0. The standard InChI is InChI=1S/C10H2Cl2F5N/c11-4-1-3-6(2-5(4)13)18-9(10(15,16)17)8(14)7(3)12/h1-2H. The Morgan fingerprint density at radius 3 is 2.22 bits per heavy atom. The fraction of sp³-hybridized carbons (Fsp3) is 0.100. The number of aromatic nitrogens is 1. The van der Waals surface area contributed by atoms with Crippen molar-refractivity contribution in [3.05, 3.63) is 39.5 Å². The summed E-state index contributed by atoms with van der Waals surface area (Å²) < 4.78 is 63.9. The molecule has 1 nitrogen and oxygen atoms in total.